The van der Waals surface area contributed by atoms with E-state index in [9.17, 15) is 4.79 Å². The molecule has 0 spiro atoms. The topological polar surface area (TPSA) is 47.6 Å². The number of para-hydroxylation sites is 3. The first kappa shape index (κ1) is 16.2. The number of nitrogens with one attached hydrogen (secondary N) is 1. The van der Waals surface area contributed by atoms with Crippen LogP contribution in [0.4, 0.5) is 5.69 Å². The number of amides is 1. The maximum Gasteiger partial charge on any atom is 0.265 e. The normalized spacial score (nSPS) is 11.6. The third-order valence-electron chi connectivity index (χ3n) is 3.11. The molecule has 0 aliphatic rings. The van der Waals surface area contributed by atoms with Gasteiger partial charge >= 0.3 is 0 Å². The number of thioether (sulfide) groups is 1. The minimum Gasteiger partial charge on any atom is -0.493 e. The minimum atomic E-state index is -0.633. The molecule has 1 amide bonds. The molecule has 1 N–H and O–H groups in total. The predicted molar refractivity (Wildman–Crippen MR) is 89.9 cm³/mol. The zero-order valence-electron chi connectivity index (χ0n) is 12.8. The van der Waals surface area contributed by atoms with Gasteiger partial charge in [0.05, 0.1) is 12.8 Å². The first-order valence-electron chi connectivity index (χ1n) is 6.89. The molecule has 116 valence electrons. The van der Waals surface area contributed by atoms with Crippen LogP contribution < -0.4 is 14.8 Å². The summed E-state index contributed by atoms with van der Waals surface area (Å²) in [7, 11) is 1.57. The van der Waals surface area contributed by atoms with Crippen LogP contribution >= 0.6 is 11.8 Å². The highest BCUT2D eigenvalue weighted by Gasteiger charge is 2.17. The van der Waals surface area contributed by atoms with E-state index in [0.717, 1.165) is 10.6 Å². The monoisotopic (exact) mass is 317 g/mol. The summed E-state index contributed by atoms with van der Waals surface area (Å²) in [5, 5.41) is 2.89. The van der Waals surface area contributed by atoms with E-state index in [2.05, 4.69) is 5.32 Å². The van der Waals surface area contributed by atoms with Gasteiger partial charge in [0.1, 0.15) is 0 Å². The Bertz CT molecular complexity index is 645. The number of hydrogen-bond acceptors (Lipinski definition) is 4. The number of carbonyl (C=O) groups is 1. The van der Waals surface area contributed by atoms with Crippen molar-refractivity contribution in [3.8, 4) is 11.5 Å². The molecular formula is C17H19NO3S. The second kappa shape index (κ2) is 7.75. The Morgan fingerprint density at radius 1 is 1.09 bits per heavy atom. The highest BCUT2D eigenvalue weighted by atomic mass is 32.2. The molecular weight excluding hydrogens is 298 g/mol. The molecule has 0 aliphatic heterocycles. The smallest absolute Gasteiger partial charge is 0.265 e. The SMILES string of the molecule is COc1ccccc1O[C@H](C)C(=O)Nc1ccccc1SC. The summed E-state index contributed by atoms with van der Waals surface area (Å²) < 4.78 is 10.9. The molecule has 5 heteroatoms. The molecule has 0 heterocycles. The number of rotatable bonds is 6. The molecule has 0 saturated carbocycles. The van der Waals surface area contributed by atoms with E-state index in [-0.39, 0.29) is 5.91 Å². The lowest BCUT2D eigenvalue weighted by Gasteiger charge is -2.17. The highest BCUT2D eigenvalue weighted by Crippen LogP contribution is 2.28. The van der Waals surface area contributed by atoms with Crippen molar-refractivity contribution in [3.05, 3.63) is 48.5 Å². The van der Waals surface area contributed by atoms with Crippen LogP contribution in [-0.2, 0) is 4.79 Å². The molecule has 4 nitrogen and oxygen atoms in total. The summed E-state index contributed by atoms with van der Waals surface area (Å²) in [6, 6.07) is 14.9. The molecule has 0 bridgehead atoms. The van der Waals surface area contributed by atoms with Gasteiger partial charge in [-0.05, 0) is 37.4 Å². The van der Waals surface area contributed by atoms with Gasteiger partial charge in [0.2, 0.25) is 0 Å². The zero-order valence-corrected chi connectivity index (χ0v) is 13.6. The van der Waals surface area contributed by atoms with Crippen LogP contribution in [0.15, 0.2) is 53.4 Å². The lowest BCUT2D eigenvalue weighted by atomic mass is 10.3. The van der Waals surface area contributed by atoms with Crippen molar-refractivity contribution in [2.75, 3.05) is 18.7 Å². The third kappa shape index (κ3) is 3.95. The van der Waals surface area contributed by atoms with Crippen molar-refractivity contribution >= 4 is 23.4 Å². The summed E-state index contributed by atoms with van der Waals surface area (Å²) in [6.45, 7) is 1.71. The Hall–Kier alpha value is -2.14. The summed E-state index contributed by atoms with van der Waals surface area (Å²) in [5.74, 6) is 0.949. The molecule has 0 saturated heterocycles. The molecule has 1 atom stereocenters. The fraction of sp³-hybridized carbons (Fsp3) is 0.235. The lowest BCUT2D eigenvalue weighted by molar-refractivity contribution is -0.122. The van der Waals surface area contributed by atoms with Gasteiger partial charge in [-0.1, -0.05) is 24.3 Å². The first-order chi connectivity index (χ1) is 10.7. The van der Waals surface area contributed by atoms with Crippen LogP contribution in [0, 0.1) is 0 Å². The number of hydrogen-bond donors (Lipinski definition) is 1. The molecule has 2 aromatic carbocycles. The van der Waals surface area contributed by atoms with Crippen molar-refractivity contribution in [2.45, 2.75) is 17.9 Å². The molecule has 0 radical (unpaired) electrons. The van der Waals surface area contributed by atoms with Gasteiger partial charge in [-0.25, -0.2) is 0 Å². The van der Waals surface area contributed by atoms with E-state index in [1.165, 1.54) is 0 Å². The average molecular weight is 317 g/mol. The Kier molecular flexibility index (Phi) is 5.72. The van der Waals surface area contributed by atoms with Crippen molar-refractivity contribution in [1.29, 1.82) is 0 Å². The Morgan fingerprint density at radius 2 is 1.73 bits per heavy atom. The molecule has 22 heavy (non-hydrogen) atoms. The first-order valence-corrected chi connectivity index (χ1v) is 8.11. The summed E-state index contributed by atoms with van der Waals surface area (Å²) >= 11 is 1.58. The van der Waals surface area contributed by atoms with E-state index in [1.807, 2.05) is 42.7 Å². The van der Waals surface area contributed by atoms with E-state index in [0.29, 0.717) is 11.5 Å². The Labute approximate surface area is 134 Å². The zero-order chi connectivity index (χ0) is 15.9. The van der Waals surface area contributed by atoms with Crippen LogP contribution in [0.1, 0.15) is 6.92 Å². The van der Waals surface area contributed by atoms with Crippen LogP contribution in [0.5, 0.6) is 11.5 Å². The Morgan fingerprint density at radius 3 is 2.41 bits per heavy atom. The molecule has 0 fully saturated rings. The number of anilines is 1. The van der Waals surface area contributed by atoms with Gasteiger partial charge in [0.25, 0.3) is 5.91 Å². The maximum atomic E-state index is 12.3. The number of methoxy groups -OCH3 is 1. The van der Waals surface area contributed by atoms with Crippen LogP contribution in [0.25, 0.3) is 0 Å². The molecule has 2 rings (SSSR count). The second-order valence-corrected chi connectivity index (χ2v) is 5.45. The van der Waals surface area contributed by atoms with Crippen molar-refractivity contribution in [2.24, 2.45) is 0 Å². The van der Waals surface area contributed by atoms with Crippen molar-refractivity contribution < 1.29 is 14.3 Å². The molecule has 0 aromatic heterocycles. The van der Waals surface area contributed by atoms with Gasteiger partial charge in [-0.15, -0.1) is 11.8 Å². The van der Waals surface area contributed by atoms with Crippen LogP contribution in [0.3, 0.4) is 0 Å². The predicted octanol–water partition coefficient (Wildman–Crippen LogP) is 3.82. The second-order valence-electron chi connectivity index (χ2n) is 4.60. The minimum absolute atomic E-state index is 0.201. The summed E-state index contributed by atoms with van der Waals surface area (Å²) in [5.41, 5.74) is 0.787. The third-order valence-corrected chi connectivity index (χ3v) is 3.90. The summed E-state index contributed by atoms with van der Waals surface area (Å²) in [6.07, 6.45) is 1.34. The van der Waals surface area contributed by atoms with Gasteiger partial charge in [-0.2, -0.15) is 0 Å². The van der Waals surface area contributed by atoms with Crippen molar-refractivity contribution in [3.63, 3.8) is 0 Å². The molecule has 2 aromatic rings. The van der Waals surface area contributed by atoms with Crippen molar-refractivity contribution in [1.82, 2.24) is 0 Å². The quantitative estimate of drug-likeness (QED) is 0.823. The molecule has 0 aliphatic carbocycles. The van der Waals surface area contributed by atoms with Gasteiger partial charge < -0.3 is 14.8 Å². The van der Waals surface area contributed by atoms with E-state index in [1.54, 1.807) is 37.9 Å². The summed E-state index contributed by atoms with van der Waals surface area (Å²) in [4.78, 5) is 13.3. The van der Waals surface area contributed by atoms with E-state index < -0.39 is 6.10 Å². The highest BCUT2D eigenvalue weighted by molar-refractivity contribution is 7.98. The fourth-order valence-corrected chi connectivity index (χ4v) is 2.50. The number of carbonyl (C=O) groups excluding carboxylic acids is 1. The van der Waals surface area contributed by atoms with Crippen LogP contribution in [0.2, 0.25) is 0 Å². The van der Waals surface area contributed by atoms with Crippen LogP contribution in [-0.4, -0.2) is 25.4 Å². The Balaban J connectivity index is 2.06. The number of ether oxygens (including phenoxy) is 2. The molecule has 0 unspecified atom stereocenters. The largest absolute Gasteiger partial charge is 0.493 e. The fourth-order valence-electron chi connectivity index (χ4n) is 1.94. The lowest BCUT2D eigenvalue weighted by Crippen LogP contribution is -2.30. The van der Waals surface area contributed by atoms with Gasteiger partial charge in [0.15, 0.2) is 17.6 Å². The van der Waals surface area contributed by atoms with E-state index >= 15 is 0 Å². The number of benzene rings is 2. The standard InChI is InChI=1S/C17H19NO3S/c1-12(21-15-10-6-5-9-14(15)20-2)17(19)18-13-8-4-7-11-16(13)22-3/h4-12H,1-3H3,(H,18,19)/t12-/m1/s1. The maximum absolute atomic E-state index is 12.3. The average Bonchev–Trinajstić information content (AvgIpc) is 2.55. The van der Waals surface area contributed by atoms with Gasteiger partial charge in [-0.3, -0.25) is 4.79 Å². The van der Waals surface area contributed by atoms with Gasteiger partial charge in [0, 0.05) is 4.90 Å². The van der Waals surface area contributed by atoms with E-state index in [4.69, 9.17) is 9.47 Å².